The Morgan fingerprint density at radius 1 is 0.967 bits per heavy atom. The lowest BCUT2D eigenvalue weighted by atomic mass is 9.65. The number of benzene rings is 1. The molecule has 1 aromatic rings. The monoisotopic (exact) mass is 411 g/mol. The number of nitro groups is 1. The average Bonchev–Trinajstić information content (AvgIpc) is 2.57. The van der Waals surface area contributed by atoms with Crippen LogP contribution in [0.3, 0.4) is 0 Å². The van der Waals surface area contributed by atoms with E-state index in [4.69, 9.17) is 4.74 Å². The van der Waals surface area contributed by atoms with E-state index in [1.165, 1.54) is 18.2 Å². The zero-order valence-electron chi connectivity index (χ0n) is 17.6. The van der Waals surface area contributed by atoms with E-state index in [1.807, 2.05) is 27.7 Å². The molecule has 1 aromatic carbocycles. The summed E-state index contributed by atoms with van der Waals surface area (Å²) in [6, 6.07) is 3.75. The predicted molar refractivity (Wildman–Crippen MR) is 109 cm³/mol. The number of nitrogens with zero attached hydrogens (tertiary/aromatic N) is 1. The number of allylic oxidation sites excluding steroid dienone is 4. The van der Waals surface area contributed by atoms with Crippen molar-refractivity contribution in [2.75, 3.05) is 0 Å². The first kappa shape index (κ1) is 20.3. The number of hydrogen-bond donors (Lipinski definition) is 1. The van der Waals surface area contributed by atoms with Gasteiger partial charge in [-0.25, -0.2) is 0 Å². The maximum atomic E-state index is 13.2. The number of phenols is 1. The number of nitro benzene ring substituents is 1. The first-order valence-corrected chi connectivity index (χ1v) is 10.1. The van der Waals surface area contributed by atoms with Crippen LogP contribution in [0.5, 0.6) is 5.75 Å². The molecule has 4 rings (SSSR count). The molecule has 0 atom stereocenters. The van der Waals surface area contributed by atoms with Crippen LogP contribution in [0, 0.1) is 20.9 Å². The van der Waals surface area contributed by atoms with Gasteiger partial charge in [0.1, 0.15) is 17.3 Å². The van der Waals surface area contributed by atoms with E-state index in [1.54, 1.807) is 0 Å². The first-order chi connectivity index (χ1) is 13.9. The molecule has 0 radical (unpaired) electrons. The molecule has 0 bridgehead atoms. The van der Waals surface area contributed by atoms with Crippen molar-refractivity contribution in [3.8, 4) is 5.75 Å². The Bertz CT molecular complexity index is 1010. The highest BCUT2D eigenvalue weighted by molar-refractivity contribution is 6.06. The van der Waals surface area contributed by atoms with Crippen LogP contribution in [0.1, 0.15) is 64.9 Å². The second kappa shape index (κ2) is 6.52. The van der Waals surface area contributed by atoms with Gasteiger partial charge in [-0.05, 0) is 23.0 Å². The average molecular weight is 411 g/mol. The minimum absolute atomic E-state index is 0.154. The summed E-state index contributed by atoms with van der Waals surface area (Å²) in [7, 11) is 0. The fourth-order valence-corrected chi connectivity index (χ4v) is 4.93. The van der Waals surface area contributed by atoms with Crippen molar-refractivity contribution in [3.05, 3.63) is 56.5 Å². The van der Waals surface area contributed by atoms with Crippen LogP contribution in [0.25, 0.3) is 0 Å². The van der Waals surface area contributed by atoms with Crippen LogP contribution in [0.2, 0.25) is 0 Å². The van der Waals surface area contributed by atoms with Crippen molar-refractivity contribution in [2.45, 2.75) is 59.3 Å². The van der Waals surface area contributed by atoms with E-state index in [0.717, 1.165) is 0 Å². The van der Waals surface area contributed by atoms with Crippen LogP contribution in [0.4, 0.5) is 5.69 Å². The van der Waals surface area contributed by atoms with Crippen LogP contribution in [-0.2, 0) is 14.3 Å². The Morgan fingerprint density at radius 3 is 1.93 bits per heavy atom. The first-order valence-electron chi connectivity index (χ1n) is 10.1. The fraction of sp³-hybridized carbons (Fsp3) is 0.478. The third kappa shape index (κ3) is 3.32. The Balaban J connectivity index is 2.00. The molecule has 7 heteroatoms. The van der Waals surface area contributed by atoms with Crippen molar-refractivity contribution in [2.24, 2.45) is 10.8 Å². The number of carbonyl (C=O) groups is 2. The molecule has 2 aliphatic carbocycles. The van der Waals surface area contributed by atoms with Crippen molar-refractivity contribution in [3.63, 3.8) is 0 Å². The number of ketones is 2. The lowest BCUT2D eigenvalue weighted by Gasteiger charge is -2.42. The summed E-state index contributed by atoms with van der Waals surface area (Å²) < 4.78 is 6.17. The van der Waals surface area contributed by atoms with E-state index in [2.05, 4.69) is 0 Å². The standard InChI is InChI=1S/C23H25NO6/c1-22(2)8-15(26)20-17(10-22)30-18-11-23(3,4)9-16(27)21(18)19(20)13-7-12(25)5-6-14(13)24(28)29/h5-7,19,25H,8-11H2,1-4H3. The number of carbonyl (C=O) groups excluding carboxylic acids is 2. The van der Waals surface area contributed by atoms with Gasteiger partial charge in [0.15, 0.2) is 11.6 Å². The summed E-state index contributed by atoms with van der Waals surface area (Å²) in [6.07, 6.45) is 1.53. The molecule has 3 aliphatic rings. The van der Waals surface area contributed by atoms with Crippen molar-refractivity contribution in [1.29, 1.82) is 0 Å². The van der Waals surface area contributed by atoms with Crippen LogP contribution >= 0.6 is 0 Å². The highest BCUT2D eigenvalue weighted by Crippen LogP contribution is 2.54. The molecule has 0 unspecified atom stereocenters. The van der Waals surface area contributed by atoms with Crippen molar-refractivity contribution < 1.29 is 24.4 Å². The number of rotatable bonds is 2. The van der Waals surface area contributed by atoms with Gasteiger partial charge in [-0.3, -0.25) is 19.7 Å². The summed E-state index contributed by atoms with van der Waals surface area (Å²) in [5, 5.41) is 21.8. The number of phenolic OH excluding ortho intramolecular Hbond substituents is 1. The second-order valence-corrected chi connectivity index (χ2v) is 10.1. The van der Waals surface area contributed by atoms with Crippen molar-refractivity contribution >= 4 is 17.3 Å². The second-order valence-electron chi connectivity index (χ2n) is 10.1. The molecule has 0 saturated heterocycles. The molecule has 1 aliphatic heterocycles. The summed E-state index contributed by atoms with van der Waals surface area (Å²) in [5.74, 6) is -0.422. The topological polar surface area (TPSA) is 107 Å². The summed E-state index contributed by atoms with van der Waals surface area (Å²) in [4.78, 5) is 37.6. The van der Waals surface area contributed by atoms with E-state index in [-0.39, 0.29) is 52.2 Å². The third-order valence-electron chi connectivity index (χ3n) is 6.10. The van der Waals surface area contributed by atoms with Gasteiger partial charge in [0.25, 0.3) is 5.69 Å². The zero-order chi connectivity index (χ0) is 22.0. The van der Waals surface area contributed by atoms with Gasteiger partial charge in [0.05, 0.1) is 10.8 Å². The number of hydrogen-bond acceptors (Lipinski definition) is 6. The van der Waals surface area contributed by atoms with Gasteiger partial charge in [0, 0.05) is 48.5 Å². The van der Waals surface area contributed by atoms with Gasteiger partial charge in [0.2, 0.25) is 0 Å². The normalized spacial score (nSPS) is 23.1. The van der Waals surface area contributed by atoms with Gasteiger partial charge in [-0.2, -0.15) is 0 Å². The Labute approximate surface area is 174 Å². The lowest BCUT2D eigenvalue weighted by molar-refractivity contribution is -0.385. The number of aromatic hydroxyl groups is 1. The fourth-order valence-electron chi connectivity index (χ4n) is 4.93. The molecule has 0 spiro atoms. The quantitative estimate of drug-likeness (QED) is 0.558. The maximum absolute atomic E-state index is 13.2. The minimum atomic E-state index is -0.900. The van der Waals surface area contributed by atoms with Crippen LogP contribution in [-0.4, -0.2) is 21.6 Å². The summed E-state index contributed by atoms with van der Waals surface area (Å²) >= 11 is 0. The molecule has 30 heavy (non-hydrogen) atoms. The Kier molecular flexibility index (Phi) is 4.42. The highest BCUT2D eigenvalue weighted by atomic mass is 16.6. The molecule has 0 saturated carbocycles. The van der Waals surface area contributed by atoms with Gasteiger partial charge in [-0.1, -0.05) is 27.7 Å². The van der Waals surface area contributed by atoms with E-state index >= 15 is 0 Å². The molecular formula is C23H25NO6. The summed E-state index contributed by atoms with van der Waals surface area (Å²) in [5.41, 5.74) is -0.0580. The molecule has 1 heterocycles. The number of ether oxygens (including phenoxy) is 1. The smallest absolute Gasteiger partial charge is 0.273 e. The molecule has 0 fully saturated rings. The van der Waals surface area contributed by atoms with Crippen LogP contribution in [0.15, 0.2) is 40.9 Å². The largest absolute Gasteiger partial charge is 0.508 e. The maximum Gasteiger partial charge on any atom is 0.273 e. The van der Waals surface area contributed by atoms with E-state index in [9.17, 15) is 24.8 Å². The SMILES string of the molecule is CC1(C)CC(=O)C2=C(C1)OC1=C(C(=O)CC(C)(C)C1)C2c1cc(O)ccc1[N+](=O)[O-]. The number of Topliss-reactive ketones (excluding diaryl/α,β-unsaturated/α-hetero) is 2. The molecular weight excluding hydrogens is 386 g/mol. The molecule has 0 amide bonds. The van der Waals surface area contributed by atoms with E-state index < -0.39 is 10.8 Å². The van der Waals surface area contributed by atoms with E-state index in [0.29, 0.717) is 35.5 Å². The van der Waals surface area contributed by atoms with Gasteiger partial charge >= 0.3 is 0 Å². The van der Waals surface area contributed by atoms with Gasteiger partial charge in [-0.15, -0.1) is 0 Å². The third-order valence-corrected chi connectivity index (χ3v) is 6.10. The molecule has 0 aromatic heterocycles. The molecule has 158 valence electrons. The predicted octanol–water partition coefficient (Wildman–Crippen LogP) is 4.70. The molecule has 7 nitrogen and oxygen atoms in total. The van der Waals surface area contributed by atoms with Crippen LogP contribution < -0.4 is 0 Å². The van der Waals surface area contributed by atoms with Crippen molar-refractivity contribution in [1.82, 2.24) is 0 Å². The lowest BCUT2D eigenvalue weighted by Crippen LogP contribution is -2.37. The zero-order valence-corrected chi connectivity index (χ0v) is 17.6. The molecule has 1 N–H and O–H groups in total. The minimum Gasteiger partial charge on any atom is -0.508 e. The Hall–Kier alpha value is -2.96. The Morgan fingerprint density at radius 2 is 1.47 bits per heavy atom. The van der Waals surface area contributed by atoms with Gasteiger partial charge < -0.3 is 9.84 Å². The highest BCUT2D eigenvalue weighted by Gasteiger charge is 2.49. The summed E-state index contributed by atoms with van der Waals surface area (Å²) in [6.45, 7) is 7.90.